The standard InChI is InChI=1S/C15H26BNO3/c1-3-10(2)13(18)12-8-6-4-5-7-11(12)9-17-15(20)14(16)19/h10-12H,3-9,16H2,1-2H3,(H,17,20). The SMILES string of the molecule is BC(=O)C(=O)NCC1CCCCCC1C(=O)C(C)CC. The summed E-state index contributed by atoms with van der Waals surface area (Å²) in [5.74, 6) is 0.103. The van der Waals surface area contributed by atoms with Gasteiger partial charge in [-0.05, 0) is 25.2 Å². The number of hydrogen-bond acceptors (Lipinski definition) is 3. The molecular weight excluding hydrogens is 253 g/mol. The first kappa shape index (κ1) is 16.9. The molecule has 3 unspecified atom stereocenters. The molecule has 112 valence electrons. The van der Waals surface area contributed by atoms with Crippen LogP contribution in [0.2, 0.25) is 0 Å². The lowest BCUT2D eigenvalue weighted by Crippen LogP contribution is -2.39. The van der Waals surface area contributed by atoms with Crippen molar-refractivity contribution in [3.8, 4) is 0 Å². The number of carbonyl (C=O) groups excluding carboxylic acids is 3. The molecular formula is C15H26BNO3. The predicted octanol–water partition coefficient (Wildman–Crippen LogP) is 1.07. The van der Waals surface area contributed by atoms with E-state index in [1.54, 1.807) is 0 Å². The Morgan fingerprint density at radius 3 is 2.45 bits per heavy atom. The van der Waals surface area contributed by atoms with Gasteiger partial charge in [0, 0.05) is 18.4 Å². The number of carbonyl (C=O) groups is 3. The van der Waals surface area contributed by atoms with Crippen LogP contribution in [0.3, 0.4) is 0 Å². The van der Waals surface area contributed by atoms with Crippen molar-refractivity contribution < 1.29 is 14.4 Å². The zero-order chi connectivity index (χ0) is 15.1. The minimum atomic E-state index is -0.538. The second-order valence-corrected chi connectivity index (χ2v) is 5.98. The van der Waals surface area contributed by atoms with Gasteiger partial charge < -0.3 is 10.1 Å². The van der Waals surface area contributed by atoms with Gasteiger partial charge in [0.15, 0.2) is 5.68 Å². The van der Waals surface area contributed by atoms with E-state index in [1.807, 2.05) is 13.8 Å². The lowest BCUT2D eigenvalue weighted by atomic mass is 9.79. The van der Waals surface area contributed by atoms with E-state index in [0.29, 0.717) is 12.3 Å². The highest BCUT2D eigenvalue weighted by atomic mass is 16.2. The molecule has 1 N–H and O–H groups in total. The predicted molar refractivity (Wildman–Crippen MR) is 81.1 cm³/mol. The first-order valence-corrected chi connectivity index (χ1v) is 7.79. The van der Waals surface area contributed by atoms with Gasteiger partial charge in [-0.25, -0.2) is 0 Å². The topological polar surface area (TPSA) is 63.2 Å². The molecule has 1 amide bonds. The fourth-order valence-corrected chi connectivity index (χ4v) is 2.92. The Hall–Kier alpha value is -1.13. The smallest absolute Gasteiger partial charge is 0.276 e. The second kappa shape index (κ2) is 8.23. The summed E-state index contributed by atoms with van der Waals surface area (Å²) in [5, 5.41) is 2.68. The summed E-state index contributed by atoms with van der Waals surface area (Å²) < 4.78 is 0. The van der Waals surface area contributed by atoms with Crippen molar-refractivity contribution in [2.75, 3.05) is 6.54 Å². The Kier molecular flexibility index (Phi) is 6.96. The molecule has 1 aliphatic rings. The normalized spacial score (nSPS) is 24.5. The van der Waals surface area contributed by atoms with E-state index in [0.717, 1.165) is 38.5 Å². The molecule has 1 aliphatic carbocycles. The van der Waals surface area contributed by atoms with E-state index in [4.69, 9.17) is 0 Å². The van der Waals surface area contributed by atoms with Crippen LogP contribution in [0.15, 0.2) is 0 Å². The molecule has 0 saturated heterocycles. The third kappa shape index (κ3) is 4.76. The van der Waals surface area contributed by atoms with Gasteiger partial charge in [0.1, 0.15) is 5.78 Å². The average molecular weight is 279 g/mol. The summed E-state index contributed by atoms with van der Waals surface area (Å²) in [6.45, 7) is 4.47. The largest absolute Gasteiger partial charge is 0.350 e. The van der Waals surface area contributed by atoms with Crippen molar-refractivity contribution in [2.45, 2.75) is 52.4 Å². The second-order valence-electron chi connectivity index (χ2n) is 5.98. The number of ketones is 1. The number of hydrogen-bond donors (Lipinski definition) is 1. The summed E-state index contributed by atoms with van der Waals surface area (Å²) in [7, 11) is 1.27. The van der Waals surface area contributed by atoms with E-state index in [1.165, 1.54) is 7.85 Å². The summed E-state index contributed by atoms with van der Waals surface area (Å²) in [6, 6.07) is 0. The molecule has 1 rings (SSSR count). The van der Waals surface area contributed by atoms with Crippen molar-refractivity contribution in [3.05, 3.63) is 0 Å². The molecule has 0 aromatic carbocycles. The maximum absolute atomic E-state index is 12.5. The number of nitrogens with one attached hydrogen (secondary N) is 1. The van der Waals surface area contributed by atoms with Gasteiger partial charge in [0.25, 0.3) is 5.91 Å². The van der Waals surface area contributed by atoms with Crippen LogP contribution in [0, 0.1) is 17.8 Å². The first-order chi connectivity index (χ1) is 9.47. The minimum absolute atomic E-state index is 0.0414. The summed E-state index contributed by atoms with van der Waals surface area (Å²) in [4.78, 5) is 34.9. The molecule has 5 heteroatoms. The van der Waals surface area contributed by atoms with Crippen LogP contribution in [-0.4, -0.2) is 31.8 Å². The quantitative estimate of drug-likeness (QED) is 0.449. The van der Waals surface area contributed by atoms with Crippen molar-refractivity contribution in [1.29, 1.82) is 0 Å². The number of Topliss-reactive ketones (excluding diaryl/α,β-unsaturated/α-hetero) is 1. The minimum Gasteiger partial charge on any atom is -0.350 e. The van der Waals surface area contributed by atoms with Gasteiger partial charge in [0.05, 0.1) is 0 Å². The Balaban J connectivity index is 2.68. The number of amides is 1. The maximum Gasteiger partial charge on any atom is 0.276 e. The average Bonchev–Trinajstić information content (AvgIpc) is 2.68. The highest BCUT2D eigenvalue weighted by Gasteiger charge is 2.31. The van der Waals surface area contributed by atoms with Crippen molar-refractivity contribution in [3.63, 3.8) is 0 Å². The van der Waals surface area contributed by atoms with E-state index in [2.05, 4.69) is 5.32 Å². The fraction of sp³-hybridized carbons (Fsp3) is 0.800. The molecule has 20 heavy (non-hydrogen) atoms. The van der Waals surface area contributed by atoms with Gasteiger partial charge >= 0.3 is 0 Å². The molecule has 0 aromatic heterocycles. The molecule has 1 fully saturated rings. The van der Waals surface area contributed by atoms with Crippen LogP contribution in [-0.2, 0) is 14.4 Å². The van der Waals surface area contributed by atoms with Crippen LogP contribution in [0.25, 0.3) is 0 Å². The highest BCUT2D eigenvalue weighted by molar-refractivity contribution is 6.76. The third-order valence-electron chi connectivity index (χ3n) is 4.47. The van der Waals surface area contributed by atoms with Crippen LogP contribution in [0.1, 0.15) is 52.4 Å². The first-order valence-electron chi connectivity index (χ1n) is 7.79. The van der Waals surface area contributed by atoms with Crippen molar-refractivity contribution in [1.82, 2.24) is 5.32 Å². The molecule has 0 aliphatic heterocycles. The zero-order valence-electron chi connectivity index (χ0n) is 12.9. The lowest BCUT2D eigenvalue weighted by molar-refractivity contribution is -0.134. The van der Waals surface area contributed by atoms with E-state index in [-0.39, 0.29) is 17.8 Å². The summed E-state index contributed by atoms with van der Waals surface area (Å²) in [6.07, 6.45) is 6.09. The third-order valence-corrected chi connectivity index (χ3v) is 4.47. The van der Waals surface area contributed by atoms with Crippen LogP contribution in [0.5, 0.6) is 0 Å². The molecule has 4 nitrogen and oxygen atoms in total. The summed E-state index contributed by atoms with van der Waals surface area (Å²) in [5.41, 5.74) is -0.469. The molecule has 0 aromatic rings. The van der Waals surface area contributed by atoms with Gasteiger partial charge in [-0.2, -0.15) is 0 Å². The van der Waals surface area contributed by atoms with Gasteiger partial charge in [-0.15, -0.1) is 0 Å². The van der Waals surface area contributed by atoms with Gasteiger partial charge in [-0.3, -0.25) is 9.59 Å². The number of rotatable bonds is 6. The van der Waals surface area contributed by atoms with E-state index in [9.17, 15) is 14.4 Å². The van der Waals surface area contributed by atoms with Crippen molar-refractivity contribution >= 4 is 25.2 Å². The molecule has 0 spiro atoms. The summed E-state index contributed by atoms with van der Waals surface area (Å²) >= 11 is 0. The lowest BCUT2D eigenvalue weighted by Gasteiger charge is -2.26. The van der Waals surface area contributed by atoms with Crippen LogP contribution in [0.4, 0.5) is 0 Å². The van der Waals surface area contributed by atoms with E-state index >= 15 is 0 Å². The Morgan fingerprint density at radius 2 is 1.85 bits per heavy atom. The molecule has 1 saturated carbocycles. The van der Waals surface area contributed by atoms with Crippen molar-refractivity contribution in [2.24, 2.45) is 17.8 Å². The zero-order valence-corrected chi connectivity index (χ0v) is 12.9. The Bertz CT molecular complexity index is 370. The highest BCUT2D eigenvalue weighted by Crippen LogP contribution is 2.31. The van der Waals surface area contributed by atoms with Gasteiger partial charge in [-0.1, -0.05) is 33.1 Å². The van der Waals surface area contributed by atoms with Crippen LogP contribution < -0.4 is 5.32 Å². The molecule has 0 radical (unpaired) electrons. The monoisotopic (exact) mass is 279 g/mol. The van der Waals surface area contributed by atoms with Crippen LogP contribution >= 0.6 is 0 Å². The Morgan fingerprint density at radius 1 is 1.20 bits per heavy atom. The molecule has 0 bridgehead atoms. The maximum atomic E-state index is 12.5. The van der Waals surface area contributed by atoms with Gasteiger partial charge in [0.2, 0.25) is 7.85 Å². The molecule has 0 heterocycles. The Labute approximate surface area is 122 Å². The molecule has 3 atom stereocenters. The fourth-order valence-electron chi connectivity index (χ4n) is 2.92. The van der Waals surface area contributed by atoms with E-state index < -0.39 is 11.6 Å².